The molecule has 0 aliphatic carbocycles. The minimum Gasteiger partial charge on any atom is -0.365 e. The normalized spacial score (nSPS) is 22.4. The zero-order valence-corrected chi connectivity index (χ0v) is 21.5. The molecule has 2 N–H and O–H groups in total. The Hall–Kier alpha value is -2.97. The fraction of sp³-hybridized carbons (Fsp3) is 0.500. The van der Waals surface area contributed by atoms with Crippen LogP contribution in [-0.2, 0) is 25.6 Å². The number of hydrogen-bond donors (Lipinski definition) is 2. The first-order chi connectivity index (χ1) is 17.3. The van der Waals surface area contributed by atoms with Gasteiger partial charge in [-0.15, -0.1) is 0 Å². The van der Waals surface area contributed by atoms with Crippen molar-refractivity contribution >= 4 is 49.5 Å². The van der Waals surface area contributed by atoms with Crippen molar-refractivity contribution in [3.05, 3.63) is 24.7 Å². The first-order valence-electron chi connectivity index (χ1n) is 11.8. The zero-order chi connectivity index (χ0) is 25.3. The van der Waals surface area contributed by atoms with Gasteiger partial charge < -0.3 is 15.2 Å². The van der Waals surface area contributed by atoms with E-state index in [0.29, 0.717) is 66.1 Å². The molecule has 0 aromatic carbocycles. The van der Waals surface area contributed by atoms with Gasteiger partial charge in [-0.3, -0.25) is 9.00 Å². The molecule has 0 bridgehead atoms. The van der Waals surface area contributed by atoms with Gasteiger partial charge in [0.1, 0.15) is 17.1 Å². The number of Topliss-reactive ketones (excluding diaryl/α,β-unsaturated/α-hetero) is 1. The molecule has 0 amide bonds. The van der Waals surface area contributed by atoms with E-state index in [1.54, 1.807) is 18.6 Å². The fourth-order valence-electron chi connectivity index (χ4n) is 4.44. The number of sulfonamides is 1. The first-order valence-corrected chi connectivity index (χ1v) is 15.1. The van der Waals surface area contributed by atoms with Gasteiger partial charge in [0.25, 0.3) is 0 Å². The van der Waals surface area contributed by atoms with E-state index < -0.39 is 20.8 Å². The number of H-pyrrole nitrogens is 1. The van der Waals surface area contributed by atoms with E-state index in [2.05, 4.69) is 25.3 Å². The van der Waals surface area contributed by atoms with Gasteiger partial charge in [-0.05, 0) is 18.9 Å². The van der Waals surface area contributed by atoms with Crippen LogP contribution in [0.2, 0.25) is 0 Å². The Balaban J connectivity index is 1.49. The Morgan fingerprint density at radius 2 is 2.03 bits per heavy atom. The second-order valence-electron chi connectivity index (χ2n) is 9.07. The molecule has 2 atom stereocenters. The van der Waals surface area contributed by atoms with Gasteiger partial charge in [-0.1, -0.05) is 0 Å². The van der Waals surface area contributed by atoms with Crippen molar-refractivity contribution in [1.29, 1.82) is 0 Å². The SMILES string of the molecule is CS(=O)(=O)N1CCCC(Nc2nc(N3CCC(=O)CS(=O)CC3)ncc2-c2cnc3[nH]ccc3n2)C1. The monoisotopic (exact) mass is 532 g/mol. The molecule has 2 unspecified atom stereocenters. The highest BCUT2D eigenvalue weighted by atomic mass is 32.2. The van der Waals surface area contributed by atoms with Crippen molar-refractivity contribution in [2.45, 2.75) is 25.3 Å². The molecule has 3 aromatic rings. The van der Waals surface area contributed by atoms with Crippen LogP contribution in [0.25, 0.3) is 22.4 Å². The Kier molecular flexibility index (Phi) is 6.99. The van der Waals surface area contributed by atoms with E-state index in [1.165, 1.54) is 10.6 Å². The minimum atomic E-state index is -3.31. The lowest BCUT2D eigenvalue weighted by molar-refractivity contribution is -0.116. The summed E-state index contributed by atoms with van der Waals surface area (Å²) in [4.78, 5) is 35.4. The molecule has 2 aliphatic rings. The number of ketones is 1. The van der Waals surface area contributed by atoms with E-state index in [9.17, 15) is 17.4 Å². The second-order valence-corrected chi connectivity index (χ2v) is 12.6. The second kappa shape index (κ2) is 10.2. The van der Waals surface area contributed by atoms with Gasteiger partial charge in [-0.25, -0.2) is 27.7 Å². The average Bonchev–Trinajstić information content (AvgIpc) is 3.31. The van der Waals surface area contributed by atoms with Crippen LogP contribution in [0.4, 0.5) is 11.8 Å². The lowest BCUT2D eigenvalue weighted by Gasteiger charge is -2.32. The lowest BCUT2D eigenvalue weighted by Crippen LogP contribution is -2.44. The molecule has 5 heterocycles. The van der Waals surface area contributed by atoms with Gasteiger partial charge in [-0.2, -0.15) is 4.98 Å². The largest absolute Gasteiger partial charge is 0.365 e. The van der Waals surface area contributed by atoms with E-state index in [0.717, 1.165) is 12.8 Å². The van der Waals surface area contributed by atoms with Crippen LogP contribution in [0.5, 0.6) is 0 Å². The molecule has 0 spiro atoms. The summed E-state index contributed by atoms with van der Waals surface area (Å²) in [5.74, 6) is 1.35. The van der Waals surface area contributed by atoms with Gasteiger partial charge >= 0.3 is 0 Å². The third-order valence-electron chi connectivity index (χ3n) is 6.36. The molecule has 36 heavy (non-hydrogen) atoms. The Labute approximate surface area is 211 Å². The molecule has 3 aromatic heterocycles. The Bertz CT molecular complexity index is 1390. The first kappa shape index (κ1) is 24.7. The molecule has 14 heteroatoms. The van der Waals surface area contributed by atoms with Crippen molar-refractivity contribution in [1.82, 2.24) is 29.2 Å². The zero-order valence-electron chi connectivity index (χ0n) is 19.9. The molecule has 2 saturated heterocycles. The van der Waals surface area contributed by atoms with Gasteiger partial charge in [0.05, 0.1) is 29.5 Å². The van der Waals surface area contributed by atoms with Crippen LogP contribution in [0.3, 0.4) is 0 Å². The van der Waals surface area contributed by atoms with Gasteiger partial charge in [0.15, 0.2) is 5.65 Å². The van der Waals surface area contributed by atoms with Crippen LogP contribution in [0.15, 0.2) is 24.7 Å². The fourth-order valence-corrected chi connectivity index (χ4v) is 6.43. The molecule has 0 saturated carbocycles. The summed E-state index contributed by atoms with van der Waals surface area (Å²) < 4.78 is 37.9. The van der Waals surface area contributed by atoms with E-state index in [-0.39, 0.29) is 24.0 Å². The number of aromatic amines is 1. The summed E-state index contributed by atoms with van der Waals surface area (Å²) >= 11 is 0. The summed E-state index contributed by atoms with van der Waals surface area (Å²) in [6, 6.07) is 1.68. The quantitative estimate of drug-likeness (QED) is 0.482. The topological polar surface area (TPSA) is 154 Å². The van der Waals surface area contributed by atoms with Crippen LogP contribution in [0.1, 0.15) is 19.3 Å². The highest BCUT2D eigenvalue weighted by molar-refractivity contribution is 7.88. The third kappa shape index (κ3) is 5.55. The summed E-state index contributed by atoms with van der Waals surface area (Å²) in [7, 11) is -4.52. The van der Waals surface area contributed by atoms with Gasteiger partial charge in [0.2, 0.25) is 16.0 Å². The van der Waals surface area contributed by atoms with Crippen molar-refractivity contribution in [2.24, 2.45) is 0 Å². The van der Waals surface area contributed by atoms with E-state index in [1.807, 2.05) is 11.0 Å². The van der Waals surface area contributed by atoms with Gasteiger partial charge in [0, 0.05) is 67.6 Å². The summed E-state index contributed by atoms with van der Waals surface area (Å²) in [5.41, 5.74) is 2.58. The number of aromatic nitrogens is 5. The number of hydrogen-bond acceptors (Lipinski definition) is 10. The number of carbonyl (C=O) groups is 1. The molecule has 2 fully saturated rings. The summed E-state index contributed by atoms with van der Waals surface area (Å²) in [6.07, 6.45) is 8.09. The Morgan fingerprint density at radius 1 is 1.17 bits per heavy atom. The molecule has 192 valence electrons. The molecule has 12 nitrogen and oxygen atoms in total. The molecular weight excluding hydrogens is 504 g/mol. The smallest absolute Gasteiger partial charge is 0.227 e. The highest BCUT2D eigenvalue weighted by Crippen LogP contribution is 2.29. The number of fused-ring (bicyclic) bond motifs is 1. The lowest BCUT2D eigenvalue weighted by atomic mass is 10.1. The van der Waals surface area contributed by atoms with E-state index in [4.69, 9.17) is 4.98 Å². The number of nitrogens with zero attached hydrogens (tertiary/aromatic N) is 6. The van der Waals surface area contributed by atoms with Crippen molar-refractivity contribution in [3.8, 4) is 11.3 Å². The van der Waals surface area contributed by atoms with Crippen LogP contribution in [0, 0.1) is 0 Å². The van der Waals surface area contributed by atoms with Crippen molar-refractivity contribution in [2.75, 3.05) is 54.2 Å². The predicted octanol–water partition coefficient (Wildman–Crippen LogP) is 0.779. The number of piperidine rings is 1. The van der Waals surface area contributed by atoms with Crippen molar-refractivity contribution < 1.29 is 17.4 Å². The van der Waals surface area contributed by atoms with Crippen LogP contribution < -0.4 is 10.2 Å². The standard InChI is InChI=1S/C22H28N8O4S2/c1-36(33,34)30-7-2-3-15(13-30)26-20-17(19-12-24-21-18(27-19)4-6-23-21)11-25-22(28-20)29-8-5-16(31)14-35(32)10-9-29/h4,6,11-12,15H,2-3,5,7-10,13-14H2,1H3,(H,23,24)(H,25,26,28). The maximum absolute atomic E-state index is 12.1. The maximum Gasteiger partial charge on any atom is 0.227 e. The van der Waals surface area contributed by atoms with E-state index >= 15 is 0 Å². The minimum absolute atomic E-state index is 0.0360. The number of anilines is 2. The maximum atomic E-state index is 12.1. The molecule has 2 aliphatic heterocycles. The summed E-state index contributed by atoms with van der Waals surface area (Å²) in [5, 5.41) is 3.43. The predicted molar refractivity (Wildman–Crippen MR) is 138 cm³/mol. The average molecular weight is 533 g/mol. The highest BCUT2D eigenvalue weighted by Gasteiger charge is 2.28. The number of rotatable bonds is 5. The van der Waals surface area contributed by atoms with Crippen LogP contribution in [-0.4, -0.2) is 97.6 Å². The third-order valence-corrected chi connectivity index (χ3v) is 8.91. The molecule has 5 rings (SSSR count). The number of carbonyl (C=O) groups excluding carboxylic acids is 1. The van der Waals surface area contributed by atoms with Crippen LogP contribution >= 0.6 is 0 Å². The number of nitrogens with one attached hydrogen (secondary N) is 2. The molecular formula is C22H28N8O4S2. The molecule has 0 radical (unpaired) electrons. The summed E-state index contributed by atoms with van der Waals surface area (Å²) in [6.45, 7) is 1.74. The van der Waals surface area contributed by atoms with Crippen molar-refractivity contribution in [3.63, 3.8) is 0 Å². The Morgan fingerprint density at radius 3 is 2.86 bits per heavy atom.